The lowest BCUT2D eigenvalue weighted by Gasteiger charge is -2.32. The van der Waals surface area contributed by atoms with Gasteiger partial charge in [0.15, 0.2) is 11.9 Å². The summed E-state index contributed by atoms with van der Waals surface area (Å²) in [6.07, 6.45) is -0.864. The molecule has 2 aromatic rings. The zero-order chi connectivity index (χ0) is 21.1. The summed E-state index contributed by atoms with van der Waals surface area (Å²) in [5.74, 6) is -0.856. The zero-order valence-corrected chi connectivity index (χ0v) is 16.1. The third-order valence-electron chi connectivity index (χ3n) is 4.34. The molecule has 0 saturated carbocycles. The summed E-state index contributed by atoms with van der Waals surface area (Å²) in [5, 5.41) is 13.8. The first-order valence-electron chi connectivity index (χ1n) is 9.01. The van der Waals surface area contributed by atoms with Gasteiger partial charge < -0.3 is 24.9 Å². The molecule has 0 spiro atoms. The van der Waals surface area contributed by atoms with E-state index < -0.39 is 34.7 Å². The van der Waals surface area contributed by atoms with Gasteiger partial charge in [0.1, 0.15) is 11.8 Å². The predicted octanol–water partition coefficient (Wildman–Crippen LogP) is 2.53. The van der Waals surface area contributed by atoms with Crippen LogP contribution < -0.4 is 19.7 Å². The fourth-order valence-corrected chi connectivity index (χ4v) is 2.91. The lowest BCUT2D eigenvalue weighted by Crippen LogP contribution is -2.53. The third-order valence-corrected chi connectivity index (χ3v) is 4.34. The molecule has 2 amide bonds. The highest BCUT2D eigenvalue weighted by molar-refractivity contribution is 6.07. The Labute approximate surface area is 166 Å². The van der Waals surface area contributed by atoms with Crippen LogP contribution in [0, 0.1) is 10.1 Å². The first-order chi connectivity index (χ1) is 13.8. The van der Waals surface area contributed by atoms with Gasteiger partial charge in [-0.15, -0.1) is 0 Å². The molecule has 1 N–H and O–H groups in total. The summed E-state index contributed by atoms with van der Waals surface area (Å²) in [5.41, 5.74) is 0.451. The summed E-state index contributed by atoms with van der Waals surface area (Å²) in [6, 6.07) is 8.45. The fourth-order valence-electron chi connectivity index (χ4n) is 2.91. The zero-order valence-electron chi connectivity index (χ0n) is 16.1. The molecule has 0 bridgehead atoms. The van der Waals surface area contributed by atoms with Gasteiger partial charge in [0, 0.05) is 6.07 Å². The summed E-state index contributed by atoms with van der Waals surface area (Å²) in [7, 11) is 0. The van der Waals surface area contributed by atoms with Crippen LogP contribution in [0.1, 0.15) is 20.8 Å². The van der Waals surface area contributed by atoms with E-state index in [9.17, 15) is 19.7 Å². The third kappa shape index (κ3) is 3.96. The Hall–Kier alpha value is -3.69. The van der Waals surface area contributed by atoms with Crippen LogP contribution in [0.4, 0.5) is 17.3 Å². The Kier molecular flexibility index (Phi) is 5.62. The van der Waals surface area contributed by atoms with Crippen LogP contribution in [0.25, 0.3) is 0 Å². The van der Waals surface area contributed by atoms with E-state index in [2.05, 4.69) is 10.3 Å². The molecule has 10 heteroatoms. The molecule has 1 aromatic carbocycles. The molecule has 3 rings (SSSR count). The maximum atomic E-state index is 12.9. The second-order valence-electron chi connectivity index (χ2n) is 6.31. The SMILES string of the molecule is CCOc1ccccc1NC(=O)C(C)N1C(=O)C(C)Oc2ccc([N+](=O)[O-])nc21. The maximum absolute atomic E-state index is 12.9. The van der Waals surface area contributed by atoms with Gasteiger partial charge in [0.05, 0.1) is 12.3 Å². The summed E-state index contributed by atoms with van der Waals surface area (Å²) >= 11 is 0. The molecule has 0 saturated heterocycles. The van der Waals surface area contributed by atoms with E-state index in [1.807, 2.05) is 6.92 Å². The summed E-state index contributed by atoms with van der Waals surface area (Å²) in [4.78, 5) is 41.1. The van der Waals surface area contributed by atoms with Crippen molar-refractivity contribution in [3.63, 3.8) is 0 Å². The van der Waals surface area contributed by atoms with Crippen LogP contribution in [0.2, 0.25) is 0 Å². The number of pyridine rings is 1. The average molecular weight is 400 g/mol. The molecular weight excluding hydrogens is 380 g/mol. The van der Waals surface area contributed by atoms with Crippen molar-refractivity contribution in [2.75, 3.05) is 16.8 Å². The smallest absolute Gasteiger partial charge is 0.366 e. The number of hydrogen-bond acceptors (Lipinski definition) is 7. The molecule has 0 aliphatic carbocycles. The Balaban J connectivity index is 1.93. The minimum absolute atomic E-state index is 0.0666. The number of nitro groups is 1. The lowest BCUT2D eigenvalue weighted by atomic mass is 10.1. The highest BCUT2D eigenvalue weighted by atomic mass is 16.6. The number of anilines is 2. The van der Waals surface area contributed by atoms with Crippen LogP contribution in [0.3, 0.4) is 0 Å². The molecule has 152 valence electrons. The largest absolute Gasteiger partial charge is 0.492 e. The number of ether oxygens (including phenoxy) is 2. The number of nitrogens with zero attached hydrogens (tertiary/aromatic N) is 3. The van der Waals surface area contributed by atoms with Gasteiger partial charge >= 0.3 is 5.82 Å². The van der Waals surface area contributed by atoms with E-state index in [1.54, 1.807) is 24.3 Å². The van der Waals surface area contributed by atoms with E-state index >= 15 is 0 Å². The number of rotatable bonds is 6. The van der Waals surface area contributed by atoms with Gasteiger partial charge in [-0.25, -0.2) is 0 Å². The molecule has 2 atom stereocenters. The molecule has 0 fully saturated rings. The quantitative estimate of drug-likeness (QED) is 0.583. The molecule has 29 heavy (non-hydrogen) atoms. The fraction of sp³-hybridized carbons (Fsp3) is 0.316. The number of fused-ring (bicyclic) bond motifs is 1. The topological polar surface area (TPSA) is 124 Å². The standard InChI is InChI=1S/C19H20N4O6/c1-4-28-14-8-6-5-7-13(14)20-18(24)11(2)22-17-15(29-12(3)19(22)25)9-10-16(21-17)23(26)27/h5-12H,4H2,1-3H3,(H,20,24). The van der Waals surface area contributed by atoms with E-state index in [1.165, 1.54) is 26.0 Å². The van der Waals surface area contributed by atoms with Crippen molar-refractivity contribution in [2.45, 2.75) is 32.9 Å². The Morgan fingerprint density at radius 3 is 2.79 bits per heavy atom. The monoisotopic (exact) mass is 400 g/mol. The number of aromatic nitrogens is 1. The van der Waals surface area contributed by atoms with Gasteiger partial charge in [0.2, 0.25) is 5.91 Å². The Morgan fingerprint density at radius 1 is 1.38 bits per heavy atom. The van der Waals surface area contributed by atoms with E-state index in [0.29, 0.717) is 18.0 Å². The normalized spacial score (nSPS) is 16.4. The lowest BCUT2D eigenvalue weighted by molar-refractivity contribution is -0.389. The van der Waals surface area contributed by atoms with Crippen LogP contribution in [-0.2, 0) is 9.59 Å². The number of carbonyl (C=O) groups excluding carboxylic acids is 2. The predicted molar refractivity (Wildman–Crippen MR) is 104 cm³/mol. The van der Waals surface area contributed by atoms with Crippen molar-refractivity contribution in [1.82, 2.24) is 4.98 Å². The minimum atomic E-state index is -1.00. The molecule has 2 unspecified atom stereocenters. The summed E-state index contributed by atoms with van der Waals surface area (Å²) < 4.78 is 11.0. The van der Waals surface area contributed by atoms with Gasteiger partial charge in [0.25, 0.3) is 11.7 Å². The van der Waals surface area contributed by atoms with Crippen molar-refractivity contribution in [3.05, 3.63) is 46.5 Å². The highest BCUT2D eigenvalue weighted by Gasteiger charge is 2.41. The number of carbonyl (C=O) groups is 2. The number of benzene rings is 1. The average Bonchev–Trinajstić information content (AvgIpc) is 2.69. The molecule has 1 aromatic heterocycles. The van der Waals surface area contributed by atoms with E-state index in [4.69, 9.17) is 9.47 Å². The molecule has 1 aliphatic rings. The molecule has 0 radical (unpaired) electrons. The Bertz CT molecular complexity index is 963. The summed E-state index contributed by atoms with van der Waals surface area (Å²) in [6.45, 7) is 5.29. The van der Waals surface area contributed by atoms with Gasteiger partial charge in [-0.05, 0) is 48.9 Å². The van der Waals surface area contributed by atoms with Crippen LogP contribution in [-0.4, -0.2) is 40.5 Å². The Morgan fingerprint density at radius 2 is 2.10 bits per heavy atom. The second kappa shape index (κ2) is 8.13. The van der Waals surface area contributed by atoms with E-state index in [0.717, 1.165) is 4.90 Å². The van der Waals surface area contributed by atoms with Crippen LogP contribution in [0.15, 0.2) is 36.4 Å². The highest BCUT2D eigenvalue weighted by Crippen LogP contribution is 2.35. The van der Waals surface area contributed by atoms with Crippen LogP contribution >= 0.6 is 0 Å². The van der Waals surface area contributed by atoms with Gasteiger partial charge in [-0.3, -0.25) is 14.5 Å². The molecular formula is C19H20N4O6. The first-order valence-corrected chi connectivity index (χ1v) is 9.01. The molecule has 10 nitrogen and oxygen atoms in total. The van der Waals surface area contributed by atoms with Crippen molar-refractivity contribution in [1.29, 1.82) is 0 Å². The van der Waals surface area contributed by atoms with Crippen LogP contribution in [0.5, 0.6) is 11.5 Å². The number of para-hydroxylation sites is 2. The van der Waals surface area contributed by atoms with Crippen molar-refractivity contribution in [2.24, 2.45) is 0 Å². The number of nitrogens with one attached hydrogen (secondary N) is 1. The molecule has 1 aliphatic heterocycles. The molecule has 2 heterocycles. The number of amides is 2. The first kappa shape index (κ1) is 20.1. The van der Waals surface area contributed by atoms with Gasteiger partial charge in [-0.2, -0.15) is 0 Å². The van der Waals surface area contributed by atoms with E-state index in [-0.39, 0.29) is 11.6 Å². The second-order valence-corrected chi connectivity index (χ2v) is 6.31. The minimum Gasteiger partial charge on any atom is -0.492 e. The van der Waals surface area contributed by atoms with Gasteiger partial charge in [-0.1, -0.05) is 12.1 Å². The van der Waals surface area contributed by atoms with Crippen molar-refractivity contribution >= 4 is 29.1 Å². The number of hydrogen-bond donors (Lipinski definition) is 1. The van der Waals surface area contributed by atoms with Crippen molar-refractivity contribution < 1.29 is 24.0 Å². The maximum Gasteiger partial charge on any atom is 0.366 e. The van der Waals surface area contributed by atoms with Crippen molar-refractivity contribution in [3.8, 4) is 11.5 Å².